The molecule has 204 valence electrons. The van der Waals surface area contributed by atoms with Crippen LogP contribution in [-0.4, -0.2) is 34.9 Å². The van der Waals surface area contributed by atoms with Crippen LogP contribution in [0.15, 0.2) is 122 Å². The maximum absolute atomic E-state index is 12.2. The molecule has 2 unspecified atom stereocenters. The number of aliphatic hydroxyl groups is 1. The van der Waals surface area contributed by atoms with Crippen molar-refractivity contribution in [3.8, 4) is 22.6 Å². The summed E-state index contributed by atoms with van der Waals surface area (Å²) in [6.45, 7) is 8.46. The predicted octanol–water partition coefficient (Wildman–Crippen LogP) is 5.75. The summed E-state index contributed by atoms with van der Waals surface area (Å²) in [6.07, 6.45) is 2.25. The fourth-order valence-corrected chi connectivity index (χ4v) is 5.70. The van der Waals surface area contributed by atoms with E-state index in [1.807, 2.05) is 60.7 Å². The Balaban J connectivity index is 1.47. The summed E-state index contributed by atoms with van der Waals surface area (Å²) in [4.78, 5) is 24.3. The van der Waals surface area contributed by atoms with Gasteiger partial charge in [0, 0.05) is 6.92 Å². The lowest BCUT2D eigenvalue weighted by molar-refractivity contribution is -0.161. The molecular weight excluding hydrogens is 516 g/mol. The molecule has 4 aromatic rings. The van der Waals surface area contributed by atoms with E-state index < -0.39 is 22.8 Å². The van der Waals surface area contributed by atoms with Crippen LogP contribution in [0.3, 0.4) is 0 Å². The summed E-state index contributed by atoms with van der Waals surface area (Å²) in [5.41, 5.74) is 5.76. The third-order valence-corrected chi connectivity index (χ3v) is 7.74. The Morgan fingerprint density at radius 1 is 0.805 bits per heavy atom. The van der Waals surface area contributed by atoms with Crippen LogP contribution in [-0.2, 0) is 19.7 Å². The summed E-state index contributed by atoms with van der Waals surface area (Å²) >= 11 is 0. The maximum Gasteiger partial charge on any atom is 0.298 e. The van der Waals surface area contributed by atoms with Gasteiger partial charge < -0.3 is 19.3 Å². The lowest BCUT2D eigenvalue weighted by Gasteiger charge is -2.34. The van der Waals surface area contributed by atoms with E-state index in [4.69, 9.17) is 14.2 Å². The highest BCUT2D eigenvalue weighted by molar-refractivity contribution is 5.97. The van der Waals surface area contributed by atoms with Crippen molar-refractivity contribution in [1.29, 1.82) is 0 Å². The minimum Gasteiger partial charge on any atom is -0.455 e. The second-order valence-corrected chi connectivity index (χ2v) is 10.3. The number of benzene rings is 4. The van der Waals surface area contributed by atoms with Gasteiger partial charge in [0.05, 0.1) is 5.41 Å². The van der Waals surface area contributed by atoms with Crippen molar-refractivity contribution in [3.63, 3.8) is 0 Å². The van der Waals surface area contributed by atoms with Crippen LogP contribution in [0.4, 0.5) is 0 Å². The second kappa shape index (κ2) is 9.70. The van der Waals surface area contributed by atoms with Gasteiger partial charge in [0.15, 0.2) is 0 Å². The largest absolute Gasteiger partial charge is 0.455 e. The van der Waals surface area contributed by atoms with Crippen LogP contribution < -0.4 is 9.47 Å². The van der Waals surface area contributed by atoms with E-state index in [2.05, 4.69) is 37.4 Å². The lowest BCUT2D eigenvalue weighted by Crippen LogP contribution is -2.40. The third-order valence-electron chi connectivity index (χ3n) is 7.74. The van der Waals surface area contributed by atoms with E-state index in [9.17, 15) is 14.7 Å². The molecule has 1 heterocycles. The minimum atomic E-state index is -2.03. The van der Waals surface area contributed by atoms with Gasteiger partial charge in [-0.15, -0.1) is 0 Å². The van der Waals surface area contributed by atoms with Crippen molar-refractivity contribution in [2.45, 2.75) is 23.9 Å². The fourth-order valence-electron chi connectivity index (χ4n) is 5.70. The van der Waals surface area contributed by atoms with Crippen molar-refractivity contribution in [2.24, 2.45) is 0 Å². The molecule has 0 radical (unpaired) electrons. The first-order chi connectivity index (χ1) is 19.7. The quantitative estimate of drug-likeness (QED) is 0.137. The number of epoxide rings is 1. The smallest absolute Gasteiger partial charge is 0.298 e. The molecule has 1 fully saturated rings. The van der Waals surface area contributed by atoms with E-state index >= 15 is 0 Å². The summed E-state index contributed by atoms with van der Waals surface area (Å²) in [5, 5.41) is 10.5. The van der Waals surface area contributed by atoms with Gasteiger partial charge in [-0.1, -0.05) is 86.0 Å². The number of hydrogen-bond acceptors (Lipinski definition) is 6. The molecule has 2 atom stereocenters. The fraction of sp³-hybridized carbons (Fsp3) is 0.143. The van der Waals surface area contributed by atoms with Gasteiger partial charge >= 0.3 is 0 Å². The molecule has 0 saturated carbocycles. The van der Waals surface area contributed by atoms with Crippen molar-refractivity contribution in [2.75, 3.05) is 6.61 Å². The molecule has 41 heavy (non-hydrogen) atoms. The van der Waals surface area contributed by atoms with Gasteiger partial charge in [0.1, 0.15) is 18.1 Å². The van der Waals surface area contributed by atoms with Crippen LogP contribution in [0.25, 0.3) is 11.1 Å². The molecule has 0 amide bonds. The van der Waals surface area contributed by atoms with Crippen LogP contribution in [0.1, 0.15) is 29.2 Å². The minimum absolute atomic E-state index is 0.185. The molecule has 6 rings (SSSR count). The zero-order valence-electron chi connectivity index (χ0n) is 22.5. The van der Waals surface area contributed by atoms with Crippen LogP contribution in [0.5, 0.6) is 11.5 Å². The average molecular weight is 545 g/mol. The SMILES string of the molecule is C=CC(=O)C(C)(O)Oc1ccc(C2(c3ccc(OC4(C(=O)C=C)CO4)cc3)c3ccccc3-c3ccccc32)cc1. The summed E-state index contributed by atoms with van der Waals surface area (Å²) in [7, 11) is 0. The van der Waals surface area contributed by atoms with Crippen molar-refractivity contribution in [1.82, 2.24) is 0 Å². The molecule has 0 bridgehead atoms. The molecule has 0 aromatic heterocycles. The number of carbonyl (C=O) groups excluding carboxylic acids is 2. The summed E-state index contributed by atoms with van der Waals surface area (Å²) in [5.74, 6) is -3.42. The Bertz CT molecular complexity index is 1560. The van der Waals surface area contributed by atoms with E-state index in [1.165, 1.54) is 13.0 Å². The number of rotatable bonds is 10. The van der Waals surface area contributed by atoms with Gasteiger partial charge in [0.25, 0.3) is 11.6 Å². The topological polar surface area (TPSA) is 85.4 Å². The van der Waals surface area contributed by atoms with Crippen LogP contribution >= 0.6 is 0 Å². The first-order valence-electron chi connectivity index (χ1n) is 13.2. The number of ketones is 2. The van der Waals surface area contributed by atoms with E-state index in [0.29, 0.717) is 11.5 Å². The Morgan fingerprint density at radius 3 is 1.76 bits per heavy atom. The van der Waals surface area contributed by atoms with Gasteiger partial charge in [-0.25, -0.2) is 0 Å². The average Bonchev–Trinajstić information content (AvgIpc) is 3.72. The molecule has 1 aliphatic carbocycles. The van der Waals surface area contributed by atoms with Crippen LogP contribution in [0, 0.1) is 0 Å². The van der Waals surface area contributed by atoms with Gasteiger partial charge in [-0.05, 0) is 69.8 Å². The zero-order valence-corrected chi connectivity index (χ0v) is 22.5. The highest BCUT2D eigenvalue weighted by Crippen LogP contribution is 2.56. The molecule has 6 nitrogen and oxygen atoms in total. The Morgan fingerprint density at radius 2 is 1.29 bits per heavy atom. The third kappa shape index (κ3) is 4.20. The molecule has 6 heteroatoms. The van der Waals surface area contributed by atoms with Crippen molar-refractivity contribution < 1.29 is 28.9 Å². The number of ether oxygens (including phenoxy) is 3. The van der Waals surface area contributed by atoms with E-state index in [0.717, 1.165) is 39.5 Å². The monoisotopic (exact) mass is 544 g/mol. The van der Waals surface area contributed by atoms with Gasteiger partial charge in [-0.2, -0.15) is 0 Å². The predicted molar refractivity (Wildman–Crippen MR) is 155 cm³/mol. The number of fused-ring (bicyclic) bond motifs is 3. The van der Waals surface area contributed by atoms with Crippen LogP contribution in [0.2, 0.25) is 0 Å². The first kappa shape index (κ1) is 26.4. The zero-order chi connectivity index (χ0) is 28.8. The van der Waals surface area contributed by atoms with Crippen molar-refractivity contribution in [3.05, 3.63) is 145 Å². The molecular formula is C35H28O6. The Labute approximate surface area is 238 Å². The molecule has 1 N–H and O–H groups in total. The molecule has 2 aliphatic rings. The standard InChI is InChI=1S/C35H28O6/c1-4-31(36)33(3,38)40-25-18-14-23(15-19-25)35(29-12-8-6-10-27(29)28-11-7-9-13-30(28)35)24-16-20-26(21-17-24)41-34(22-39-34)32(37)5-2/h4-21,38H,1-2,22H2,3H3. The van der Waals surface area contributed by atoms with E-state index in [-0.39, 0.29) is 12.4 Å². The van der Waals surface area contributed by atoms with Crippen molar-refractivity contribution >= 4 is 11.6 Å². The van der Waals surface area contributed by atoms with Gasteiger partial charge in [0.2, 0.25) is 11.6 Å². The second-order valence-electron chi connectivity index (χ2n) is 10.3. The number of carbonyl (C=O) groups is 2. The Hall–Kier alpha value is -4.78. The lowest BCUT2D eigenvalue weighted by atomic mass is 9.68. The number of hydrogen-bond donors (Lipinski definition) is 1. The normalized spacial score (nSPS) is 19.2. The van der Waals surface area contributed by atoms with E-state index in [1.54, 1.807) is 12.1 Å². The Kier molecular flexibility index (Phi) is 6.25. The highest BCUT2D eigenvalue weighted by atomic mass is 16.8. The highest BCUT2D eigenvalue weighted by Gasteiger charge is 2.54. The summed E-state index contributed by atoms with van der Waals surface area (Å²) < 4.78 is 16.9. The molecule has 4 aromatic carbocycles. The summed E-state index contributed by atoms with van der Waals surface area (Å²) in [6, 6.07) is 31.7. The van der Waals surface area contributed by atoms with Gasteiger partial charge in [-0.3, -0.25) is 9.59 Å². The maximum atomic E-state index is 12.2. The molecule has 0 spiro atoms. The first-order valence-corrected chi connectivity index (χ1v) is 13.2. The molecule has 1 aliphatic heterocycles. The molecule has 1 saturated heterocycles.